The monoisotopic (exact) mass is 264 g/mol. The van der Waals surface area contributed by atoms with E-state index in [0.29, 0.717) is 0 Å². The maximum Gasteiger partial charge on any atom is 0.134 e. The molecule has 2 rings (SSSR count). The molecular weight excluding hydrogens is 244 g/mol. The lowest BCUT2D eigenvalue weighted by molar-refractivity contribution is 0.830. The molecule has 0 aliphatic carbocycles. The average Bonchev–Trinajstić information content (AvgIpc) is 2.39. The molecule has 0 aromatic carbocycles. The molecule has 2 heterocycles. The molecule has 0 bridgehead atoms. The summed E-state index contributed by atoms with van der Waals surface area (Å²) in [6.07, 6.45) is 1.65. The third kappa shape index (κ3) is 3.38. The van der Waals surface area contributed by atoms with Gasteiger partial charge in [0.2, 0.25) is 0 Å². The van der Waals surface area contributed by atoms with Crippen LogP contribution in [0, 0.1) is 0 Å². The average molecular weight is 264 g/mol. The maximum atomic E-state index is 4.38. The molecule has 98 valence electrons. The van der Waals surface area contributed by atoms with Crippen LogP contribution in [0.3, 0.4) is 0 Å². The third-order valence-electron chi connectivity index (χ3n) is 2.87. The normalized spacial score (nSPS) is 15.6. The maximum absolute atomic E-state index is 4.38. The Balaban J connectivity index is 2.11. The second-order valence-corrected chi connectivity index (χ2v) is 5.87. The zero-order chi connectivity index (χ0) is 13.0. The Morgan fingerprint density at radius 2 is 2.17 bits per heavy atom. The first kappa shape index (κ1) is 13.2. The summed E-state index contributed by atoms with van der Waals surface area (Å²) in [5, 5.41) is 0. The number of likely N-dealkylation sites (N-methyl/N-ethyl adjacent to an activating group) is 1. The molecule has 0 atom stereocenters. The topological polar surface area (TPSA) is 32.3 Å². The van der Waals surface area contributed by atoms with Gasteiger partial charge in [-0.25, -0.2) is 9.97 Å². The summed E-state index contributed by atoms with van der Waals surface area (Å²) in [6, 6.07) is 2.07. The standard InChI is InChI=1S/C13H20N4S/c1-11(2)9-16(3)12-8-13(15-10-14-12)17-4-6-18-7-5-17/h8,10H,1,4-7,9H2,2-3H3. The van der Waals surface area contributed by atoms with Gasteiger partial charge in [-0.15, -0.1) is 0 Å². The van der Waals surface area contributed by atoms with Crippen molar-refractivity contribution in [3.8, 4) is 0 Å². The van der Waals surface area contributed by atoms with E-state index in [1.54, 1.807) is 6.33 Å². The van der Waals surface area contributed by atoms with E-state index in [2.05, 4.69) is 32.4 Å². The molecule has 0 unspecified atom stereocenters. The summed E-state index contributed by atoms with van der Waals surface area (Å²) < 4.78 is 0. The number of hydrogen-bond acceptors (Lipinski definition) is 5. The molecule has 0 N–H and O–H groups in total. The van der Waals surface area contributed by atoms with E-state index >= 15 is 0 Å². The van der Waals surface area contributed by atoms with E-state index < -0.39 is 0 Å². The number of rotatable bonds is 4. The van der Waals surface area contributed by atoms with E-state index in [-0.39, 0.29) is 0 Å². The SMILES string of the molecule is C=C(C)CN(C)c1cc(N2CCSCC2)ncn1. The van der Waals surface area contributed by atoms with Gasteiger partial charge in [-0.1, -0.05) is 12.2 Å². The second-order valence-electron chi connectivity index (χ2n) is 4.65. The van der Waals surface area contributed by atoms with E-state index in [1.165, 1.54) is 11.5 Å². The molecule has 1 saturated heterocycles. The highest BCUT2D eigenvalue weighted by molar-refractivity contribution is 7.99. The van der Waals surface area contributed by atoms with Crippen LogP contribution in [-0.4, -0.2) is 48.2 Å². The van der Waals surface area contributed by atoms with Crippen molar-refractivity contribution in [2.24, 2.45) is 0 Å². The molecule has 0 radical (unpaired) electrons. The van der Waals surface area contributed by atoms with Crippen LogP contribution >= 0.6 is 11.8 Å². The lowest BCUT2D eigenvalue weighted by Gasteiger charge is -2.28. The van der Waals surface area contributed by atoms with Gasteiger partial charge in [-0.3, -0.25) is 0 Å². The summed E-state index contributed by atoms with van der Waals surface area (Å²) >= 11 is 2.01. The predicted molar refractivity (Wildman–Crippen MR) is 79.7 cm³/mol. The van der Waals surface area contributed by atoms with Crippen LogP contribution in [0.25, 0.3) is 0 Å². The summed E-state index contributed by atoms with van der Waals surface area (Å²) in [4.78, 5) is 13.1. The number of nitrogens with zero attached hydrogens (tertiary/aromatic N) is 4. The lowest BCUT2D eigenvalue weighted by Crippen LogP contribution is -2.33. The molecule has 4 nitrogen and oxygen atoms in total. The van der Waals surface area contributed by atoms with Crippen LogP contribution in [0.2, 0.25) is 0 Å². The van der Waals surface area contributed by atoms with Crippen LogP contribution in [0.5, 0.6) is 0 Å². The molecule has 5 heteroatoms. The number of hydrogen-bond donors (Lipinski definition) is 0. The van der Waals surface area contributed by atoms with Gasteiger partial charge in [0.1, 0.15) is 18.0 Å². The number of anilines is 2. The van der Waals surface area contributed by atoms with E-state index in [4.69, 9.17) is 0 Å². The molecule has 0 spiro atoms. The fraction of sp³-hybridized carbons (Fsp3) is 0.538. The number of aromatic nitrogens is 2. The molecule has 18 heavy (non-hydrogen) atoms. The Hall–Kier alpha value is -1.23. The Morgan fingerprint density at radius 3 is 2.83 bits per heavy atom. The minimum atomic E-state index is 0.826. The lowest BCUT2D eigenvalue weighted by atomic mass is 10.3. The van der Waals surface area contributed by atoms with Crippen LogP contribution < -0.4 is 9.80 Å². The van der Waals surface area contributed by atoms with E-state index in [1.807, 2.05) is 25.7 Å². The molecule has 0 saturated carbocycles. The molecule has 1 aliphatic heterocycles. The molecule has 1 fully saturated rings. The fourth-order valence-electron chi connectivity index (χ4n) is 2.00. The molecule has 0 amide bonds. The van der Waals surface area contributed by atoms with Crippen molar-refractivity contribution in [2.75, 3.05) is 48.0 Å². The Kier molecular flexibility index (Phi) is 4.47. The van der Waals surface area contributed by atoms with Crippen molar-refractivity contribution in [3.63, 3.8) is 0 Å². The van der Waals surface area contributed by atoms with Crippen molar-refractivity contribution in [3.05, 3.63) is 24.5 Å². The summed E-state index contributed by atoms with van der Waals surface area (Å²) in [6.45, 7) is 8.94. The summed E-state index contributed by atoms with van der Waals surface area (Å²) in [5.74, 6) is 4.36. The van der Waals surface area contributed by atoms with Gasteiger partial charge >= 0.3 is 0 Å². The first-order chi connectivity index (χ1) is 8.66. The van der Waals surface area contributed by atoms with Crippen molar-refractivity contribution in [1.82, 2.24) is 9.97 Å². The van der Waals surface area contributed by atoms with Gasteiger partial charge in [0.15, 0.2) is 0 Å². The van der Waals surface area contributed by atoms with Crippen LogP contribution in [-0.2, 0) is 0 Å². The highest BCUT2D eigenvalue weighted by atomic mass is 32.2. The van der Waals surface area contributed by atoms with E-state index in [0.717, 1.165) is 36.8 Å². The molecule has 1 aromatic rings. The zero-order valence-corrected chi connectivity index (χ0v) is 11.9. The van der Waals surface area contributed by atoms with E-state index in [9.17, 15) is 0 Å². The van der Waals surface area contributed by atoms with Crippen molar-refractivity contribution in [1.29, 1.82) is 0 Å². The first-order valence-electron chi connectivity index (χ1n) is 6.17. The van der Waals surface area contributed by atoms with Gasteiger partial charge in [-0.2, -0.15) is 11.8 Å². The Bertz CT molecular complexity index is 415. The van der Waals surface area contributed by atoms with Gasteiger partial charge in [0.05, 0.1) is 0 Å². The summed E-state index contributed by atoms with van der Waals surface area (Å²) in [7, 11) is 2.03. The predicted octanol–water partition coefficient (Wildman–Crippen LogP) is 2.04. The highest BCUT2D eigenvalue weighted by Gasteiger charge is 2.13. The Morgan fingerprint density at radius 1 is 1.44 bits per heavy atom. The van der Waals surface area contributed by atoms with Crippen molar-refractivity contribution >= 4 is 23.4 Å². The molecule has 1 aromatic heterocycles. The molecule has 1 aliphatic rings. The quantitative estimate of drug-likeness (QED) is 0.777. The van der Waals surface area contributed by atoms with Crippen LogP contribution in [0.4, 0.5) is 11.6 Å². The van der Waals surface area contributed by atoms with Crippen molar-refractivity contribution in [2.45, 2.75) is 6.92 Å². The van der Waals surface area contributed by atoms with Crippen LogP contribution in [0.15, 0.2) is 24.5 Å². The highest BCUT2D eigenvalue weighted by Crippen LogP contribution is 2.20. The van der Waals surface area contributed by atoms with Gasteiger partial charge < -0.3 is 9.80 Å². The third-order valence-corrected chi connectivity index (χ3v) is 3.81. The van der Waals surface area contributed by atoms with Gasteiger partial charge in [0, 0.05) is 44.3 Å². The molecular formula is C13H20N4S. The minimum absolute atomic E-state index is 0.826. The van der Waals surface area contributed by atoms with Crippen molar-refractivity contribution < 1.29 is 0 Å². The summed E-state index contributed by atoms with van der Waals surface area (Å²) in [5.41, 5.74) is 1.13. The van der Waals surface area contributed by atoms with Gasteiger partial charge in [-0.05, 0) is 6.92 Å². The van der Waals surface area contributed by atoms with Crippen LogP contribution in [0.1, 0.15) is 6.92 Å². The first-order valence-corrected chi connectivity index (χ1v) is 7.32. The fourth-order valence-corrected chi connectivity index (χ4v) is 2.90. The second kappa shape index (κ2) is 6.09. The largest absolute Gasteiger partial charge is 0.356 e. The van der Waals surface area contributed by atoms with Gasteiger partial charge in [0.25, 0.3) is 0 Å². The smallest absolute Gasteiger partial charge is 0.134 e. The minimum Gasteiger partial charge on any atom is -0.356 e. The number of thioether (sulfide) groups is 1. The zero-order valence-electron chi connectivity index (χ0n) is 11.1. The Labute approximate surface area is 113 Å².